The second kappa shape index (κ2) is 7.55. The summed E-state index contributed by atoms with van der Waals surface area (Å²) in [6.07, 6.45) is 2.83. The predicted octanol–water partition coefficient (Wildman–Crippen LogP) is 2.60. The SMILES string of the molecule is C=CCN/C(C)=C(/C(=O)OCC)C1=CC(=O)c2ccccc2C1=O. The van der Waals surface area contributed by atoms with Crippen LogP contribution in [0.2, 0.25) is 0 Å². The van der Waals surface area contributed by atoms with Gasteiger partial charge in [-0.25, -0.2) is 4.79 Å². The first-order valence-electron chi connectivity index (χ1n) is 7.64. The molecule has 0 aromatic heterocycles. The average molecular weight is 325 g/mol. The normalized spacial score (nSPS) is 14.3. The maximum atomic E-state index is 12.8. The predicted molar refractivity (Wildman–Crippen MR) is 90.7 cm³/mol. The highest BCUT2D eigenvalue weighted by molar-refractivity contribution is 6.28. The number of rotatable bonds is 6. The number of carbonyl (C=O) groups is 3. The van der Waals surface area contributed by atoms with E-state index >= 15 is 0 Å². The lowest BCUT2D eigenvalue weighted by molar-refractivity contribution is -0.138. The third-order valence-corrected chi connectivity index (χ3v) is 3.59. The number of fused-ring (bicyclic) bond motifs is 1. The van der Waals surface area contributed by atoms with Crippen LogP contribution in [0.3, 0.4) is 0 Å². The minimum atomic E-state index is -0.640. The lowest BCUT2D eigenvalue weighted by Gasteiger charge is -2.19. The van der Waals surface area contributed by atoms with E-state index < -0.39 is 5.97 Å². The van der Waals surface area contributed by atoms with E-state index in [9.17, 15) is 14.4 Å². The molecule has 1 aromatic rings. The lowest BCUT2D eigenvalue weighted by atomic mass is 9.85. The Balaban J connectivity index is 2.55. The van der Waals surface area contributed by atoms with E-state index in [0.717, 1.165) is 0 Å². The van der Waals surface area contributed by atoms with Crippen molar-refractivity contribution >= 4 is 17.5 Å². The quantitative estimate of drug-likeness (QED) is 0.494. The zero-order valence-electron chi connectivity index (χ0n) is 13.7. The number of ketones is 2. The zero-order valence-corrected chi connectivity index (χ0v) is 13.7. The monoisotopic (exact) mass is 325 g/mol. The molecule has 0 atom stereocenters. The van der Waals surface area contributed by atoms with Crippen molar-refractivity contribution in [1.82, 2.24) is 5.32 Å². The van der Waals surface area contributed by atoms with Crippen molar-refractivity contribution in [3.05, 3.63) is 71.0 Å². The van der Waals surface area contributed by atoms with Crippen LogP contribution < -0.4 is 5.32 Å². The number of Topliss-reactive ketones (excluding diaryl/α,β-unsaturated/α-hetero) is 1. The third kappa shape index (κ3) is 3.35. The Hall–Kier alpha value is -2.95. The summed E-state index contributed by atoms with van der Waals surface area (Å²) in [5.41, 5.74) is 1.21. The number of hydrogen-bond acceptors (Lipinski definition) is 5. The van der Waals surface area contributed by atoms with E-state index in [4.69, 9.17) is 4.74 Å². The molecule has 0 radical (unpaired) electrons. The van der Waals surface area contributed by atoms with Gasteiger partial charge in [-0.2, -0.15) is 0 Å². The minimum Gasteiger partial charge on any atom is -0.462 e. The summed E-state index contributed by atoms with van der Waals surface area (Å²) in [5.74, 6) is -1.31. The second-order valence-electron chi connectivity index (χ2n) is 5.19. The van der Waals surface area contributed by atoms with E-state index in [-0.39, 0.29) is 29.3 Å². The average Bonchev–Trinajstić information content (AvgIpc) is 2.58. The smallest absolute Gasteiger partial charge is 0.340 e. The maximum Gasteiger partial charge on any atom is 0.340 e. The molecule has 0 spiro atoms. The van der Waals surface area contributed by atoms with Gasteiger partial charge in [0, 0.05) is 28.9 Å². The first kappa shape index (κ1) is 17.4. The first-order chi connectivity index (χ1) is 11.5. The third-order valence-electron chi connectivity index (χ3n) is 3.59. The molecule has 0 aliphatic heterocycles. The highest BCUT2D eigenvalue weighted by atomic mass is 16.5. The van der Waals surface area contributed by atoms with Crippen molar-refractivity contribution in [2.45, 2.75) is 13.8 Å². The number of carbonyl (C=O) groups excluding carboxylic acids is 3. The number of nitrogens with one attached hydrogen (secondary N) is 1. The molecule has 1 aromatic carbocycles. The van der Waals surface area contributed by atoms with Gasteiger partial charge in [-0.1, -0.05) is 30.3 Å². The highest BCUT2D eigenvalue weighted by Crippen LogP contribution is 2.27. The zero-order chi connectivity index (χ0) is 17.7. The van der Waals surface area contributed by atoms with Crippen LogP contribution in [-0.2, 0) is 9.53 Å². The Bertz CT molecular complexity index is 771. The van der Waals surface area contributed by atoms with Gasteiger partial charge in [0.1, 0.15) is 0 Å². The second-order valence-corrected chi connectivity index (χ2v) is 5.19. The number of allylic oxidation sites excluding steroid dienone is 2. The molecule has 0 amide bonds. The first-order valence-corrected chi connectivity index (χ1v) is 7.64. The Kier molecular flexibility index (Phi) is 5.47. The van der Waals surface area contributed by atoms with Crippen LogP contribution in [0, 0.1) is 0 Å². The van der Waals surface area contributed by atoms with Crippen molar-refractivity contribution in [2.24, 2.45) is 0 Å². The molecule has 0 unspecified atom stereocenters. The van der Waals surface area contributed by atoms with Crippen molar-refractivity contribution in [3.63, 3.8) is 0 Å². The molecule has 124 valence electrons. The molecule has 5 heteroatoms. The van der Waals surface area contributed by atoms with Crippen LogP contribution in [0.15, 0.2) is 59.8 Å². The fourth-order valence-electron chi connectivity index (χ4n) is 2.48. The summed E-state index contributed by atoms with van der Waals surface area (Å²) in [5, 5.41) is 2.98. The maximum absolute atomic E-state index is 12.8. The Labute approximate surface area is 140 Å². The van der Waals surface area contributed by atoms with E-state index in [1.165, 1.54) is 6.08 Å². The summed E-state index contributed by atoms with van der Waals surface area (Å²) in [6.45, 7) is 7.53. The fraction of sp³-hybridized carbons (Fsp3) is 0.211. The summed E-state index contributed by atoms with van der Waals surface area (Å²) < 4.78 is 5.06. The minimum absolute atomic E-state index is 0.0474. The van der Waals surface area contributed by atoms with E-state index in [2.05, 4.69) is 11.9 Å². The van der Waals surface area contributed by atoms with Crippen LogP contribution in [0.4, 0.5) is 0 Å². The van der Waals surface area contributed by atoms with Crippen LogP contribution in [0.5, 0.6) is 0 Å². The van der Waals surface area contributed by atoms with Crippen molar-refractivity contribution < 1.29 is 19.1 Å². The van der Waals surface area contributed by atoms with Gasteiger partial charge in [0.05, 0.1) is 12.2 Å². The molecule has 1 aliphatic carbocycles. The van der Waals surface area contributed by atoms with Crippen molar-refractivity contribution in [3.8, 4) is 0 Å². The molecular weight excluding hydrogens is 306 g/mol. The number of ether oxygens (including phenoxy) is 1. The summed E-state index contributed by atoms with van der Waals surface area (Å²) in [4.78, 5) is 37.5. The molecule has 0 saturated heterocycles. The van der Waals surface area contributed by atoms with Gasteiger partial charge < -0.3 is 10.1 Å². The molecule has 0 heterocycles. The van der Waals surface area contributed by atoms with Crippen LogP contribution >= 0.6 is 0 Å². The van der Waals surface area contributed by atoms with Gasteiger partial charge in [0.2, 0.25) is 0 Å². The van der Waals surface area contributed by atoms with Crippen LogP contribution in [-0.4, -0.2) is 30.7 Å². The van der Waals surface area contributed by atoms with Gasteiger partial charge in [0.15, 0.2) is 11.6 Å². The molecule has 0 saturated carbocycles. The van der Waals surface area contributed by atoms with E-state index in [1.54, 1.807) is 44.2 Å². The largest absolute Gasteiger partial charge is 0.462 e. The molecule has 2 rings (SSSR count). The summed E-state index contributed by atoms with van der Waals surface area (Å²) in [6, 6.07) is 6.56. The van der Waals surface area contributed by atoms with Crippen molar-refractivity contribution in [1.29, 1.82) is 0 Å². The molecule has 5 nitrogen and oxygen atoms in total. The van der Waals surface area contributed by atoms with Gasteiger partial charge in [-0.05, 0) is 19.9 Å². The number of hydrogen-bond donors (Lipinski definition) is 1. The Morgan fingerprint density at radius 3 is 2.54 bits per heavy atom. The summed E-state index contributed by atoms with van der Waals surface area (Å²) in [7, 11) is 0. The van der Waals surface area contributed by atoms with Crippen LogP contribution in [0.1, 0.15) is 34.6 Å². The van der Waals surface area contributed by atoms with Gasteiger partial charge in [-0.3, -0.25) is 9.59 Å². The Morgan fingerprint density at radius 1 is 1.25 bits per heavy atom. The molecule has 1 aliphatic rings. The Morgan fingerprint density at radius 2 is 1.92 bits per heavy atom. The lowest BCUT2D eigenvalue weighted by Crippen LogP contribution is -2.26. The summed E-state index contributed by atoms with van der Waals surface area (Å²) >= 11 is 0. The highest BCUT2D eigenvalue weighted by Gasteiger charge is 2.31. The molecular formula is C19H19NO4. The molecule has 0 fully saturated rings. The topological polar surface area (TPSA) is 72.5 Å². The van der Waals surface area contributed by atoms with Gasteiger partial charge in [-0.15, -0.1) is 6.58 Å². The fourth-order valence-corrected chi connectivity index (χ4v) is 2.48. The van der Waals surface area contributed by atoms with E-state index in [0.29, 0.717) is 23.4 Å². The molecule has 24 heavy (non-hydrogen) atoms. The number of esters is 1. The van der Waals surface area contributed by atoms with Crippen LogP contribution in [0.25, 0.3) is 0 Å². The number of benzene rings is 1. The van der Waals surface area contributed by atoms with Crippen molar-refractivity contribution in [2.75, 3.05) is 13.2 Å². The molecule has 1 N–H and O–H groups in total. The van der Waals surface area contributed by atoms with E-state index in [1.807, 2.05) is 0 Å². The molecule has 0 bridgehead atoms. The standard InChI is InChI=1S/C19H19NO4/c1-4-10-20-12(3)17(19(23)24-5-2)15-11-16(21)13-8-6-7-9-14(13)18(15)22/h4,6-9,11,20H,1,5,10H2,2-3H3/b17-12+. The van der Waals surface area contributed by atoms with Gasteiger partial charge >= 0.3 is 5.97 Å². The van der Waals surface area contributed by atoms with Gasteiger partial charge in [0.25, 0.3) is 0 Å².